The van der Waals surface area contributed by atoms with Crippen LogP contribution in [0.2, 0.25) is 0 Å². The molecule has 3 amide bonds. The predicted molar refractivity (Wildman–Crippen MR) is 159 cm³/mol. The molecule has 216 valence electrons. The molecule has 0 saturated heterocycles. The zero-order chi connectivity index (χ0) is 28.9. The summed E-state index contributed by atoms with van der Waals surface area (Å²) in [4.78, 5) is 54.4. The highest BCUT2D eigenvalue weighted by molar-refractivity contribution is 7.98. The number of nitrogens with one attached hydrogen (secondary N) is 4. The van der Waals surface area contributed by atoms with Gasteiger partial charge in [-0.05, 0) is 54.4 Å². The van der Waals surface area contributed by atoms with Crippen molar-refractivity contribution in [2.24, 2.45) is 11.7 Å². The molecule has 0 aliphatic carbocycles. The van der Waals surface area contributed by atoms with Crippen LogP contribution >= 0.6 is 23.5 Å². The molecule has 1 heterocycles. The van der Waals surface area contributed by atoms with E-state index < -0.39 is 47.9 Å². The van der Waals surface area contributed by atoms with Gasteiger partial charge in [0.1, 0.15) is 18.1 Å². The maximum absolute atomic E-state index is 13.3. The number of hydrogen-bond acceptors (Lipinski definition) is 7. The summed E-state index contributed by atoms with van der Waals surface area (Å²) >= 11 is 3.04. The second-order valence-corrected chi connectivity index (χ2v) is 11.5. The summed E-state index contributed by atoms with van der Waals surface area (Å²) in [6, 6.07) is 3.75. The van der Waals surface area contributed by atoms with E-state index in [9.17, 15) is 24.3 Å². The van der Waals surface area contributed by atoms with E-state index >= 15 is 0 Å². The van der Waals surface area contributed by atoms with Crippen LogP contribution < -0.4 is 21.7 Å². The lowest BCUT2D eigenvalue weighted by atomic mass is 9.99. The molecular formula is C27H41N5O5S2. The largest absolute Gasteiger partial charge is 0.480 e. The van der Waals surface area contributed by atoms with E-state index in [1.165, 1.54) is 23.5 Å². The number of rotatable bonds is 17. The molecule has 5 unspecified atom stereocenters. The fourth-order valence-electron chi connectivity index (χ4n) is 4.05. The highest BCUT2D eigenvalue weighted by atomic mass is 32.2. The van der Waals surface area contributed by atoms with Crippen molar-refractivity contribution in [2.45, 2.75) is 63.7 Å². The first kappa shape index (κ1) is 32.5. The Labute approximate surface area is 238 Å². The van der Waals surface area contributed by atoms with Gasteiger partial charge in [0, 0.05) is 23.5 Å². The second kappa shape index (κ2) is 16.4. The van der Waals surface area contributed by atoms with Crippen molar-refractivity contribution in [3.05, 3.63) is 36.0 Å². The number of carboxylic acid groups (broad SMARTS) is 1. The molecular weight excluding hydrogens is 538 g/mol. The second-order valence-electron chi connectivity index (χ2n) is 9.56. The Kier molecular flexibility index (Phi) is 13.7. The van der Waals surface area contributed by atoms with Crippen LogP contribution in [-0.2, 0) is 25.6 Å². The summed E-state index contributed by atoms with van der Waals surface area (Å²) in [5.74, 6) is -1.55. The van der Waals surface area contributed by atoms with E-state index in [-0.39, 0.29) is 12.3 Å². The fourth-order valence-corrected chi connectivity index (χ4v) is 5.00. The Morgan fingerprint density at radius 2 is 1.46 bits per heavy atom. The van der Waals surface area contributed by atoms with Crippen LogP contribution in [0, 0.1) is 5.92 Å². The van der Waals surface area contributed by atoms with Crippen molar-refractivity contribution in [2.75, 3.05) is 24.0 Å². The summed E-state index contributed by atoms with van der Waals surface area (Å²) < 4.78 is 0. The summed E-state index contributed by atoms with van der Waals surface area (Å²) in [5, 5.41) is 18.9. The van der Waals surface area contributed by atoms with Crippen molar-refractivity contribution < 1.29 is 24.3 Å². The fraction of sp³-hybridized carbons (Fsp3) is 0.556. The molecule has 2 rings (SSSR count). The average Bonchev–Trinajstić information content (AvgIpc) is 3.34. The SMILES string of the molecule is CCC(C)C(N)C(=O)NC(CCSC)C(=O)NC(CCSC)C(=O)NC(Cc1c[nH]c2ccccc12)C(=O)O. The van der Waals surface area contributed by atoms with Crippen LogP contribution in [0.15, 0.2) is 30.5 Å². The molecule has 12 heteroatoms. The van der Waals surface area contributed by atoms with Gasteiger partial charge in [0.25, 0.3) is 0 Å². The molecule has 1 aromatic heterocycles. The Balaban J connectivity index is 2.16. The molecule has 1 aromatic carbocycles. The highest BCUT2D eigenvalue weighted by Crippen LogP contribution is 2.19. The van der Waals surface area contributed by atoms with E-state index in [0.29, 0.717) is 24.3 Å². The first-order chi connectivity index (χ1) is 18.6. The van der Waals surface area contributed by atoms with Crippen LogP contribution in [-0.4, -0.2) is 82.0 Å². The average molecular weight is 580 g/mol. The van der Waals surface area contributed by atoms with Gasteiger partial charge in [-0.25, -0.2) is 4.79 Å². The Hall–Kier alpha value is -2.70. The highest BCUT2D eigenvalue weighted by Gasteiger charge is 2.31. The maximum Gasteiger partial charge on any atom is 0.326 e. The number of aromatic nitrogens is 1. The third-order valence-corrected chi connectivity index (χ3v) is 8.05. The molecule has 10 nitrogen and oxygen atoms in total. The van der Waals surface area contributed by atoms with Gasteiger partial charge in [-0.15, -0.1) is 0 Å². The van der Waals surface area contributed by atoms with Crippen LogP contribution in [0.5, 0.6) is 0 Å². The summed E-state index contributed by atoms with van der Waals surface area (Å²) in [7, 11) is 0. The molecule has 0 aliphatic heterocycles. The first-order valence-electron chi connectivity index (χ1n) is 13.0. The molecule has 2 aromatic rings. The smallest absolute Gasteiger partial charge is 0.326 e. The number of thioether (sulfide) groups is 2. The molecule has 0 spiro atoms. The van der Waals surface area contributed by atoms with E-state index in [4.69, 9.17) is 5.73 Å². The minimum atomic E-state index is -1.19. The monoisotopic (exact) mass is 579 g/mol. The van der Waals surface area contributed by atoms with E-state index in [1.807, 2.05) is 50.6 Å². The summed E-state index contributed by atoms with van der Waals surface area (Å²) in [6.45, 7) is 3.81. The van der Waals surface area contributed by atoms with Crippen LogP contribution in [0.3, 0.4) is 0 Å². The maximum atomic E-state index is 13.3. The zero-order valence-corrected chi connectivity index (χ0v) is 24.6. The minimum absolute atomic E-state index is 0.0560. The molecule has 0 aliphatic rings. The molecule has 0 saturated carbocycles. The van der Waals surface area contributed by atoms with E-state index in [2.05, 4.69) is 20.9 Å². The van der Waals surface area contributed by atoms with Crippen molar-refractivity contribution >= 4 is 58.1 Å². The quantitative estimate of drug-likeness (QED) is 0.166. The number of carbonyl (C=O) groups is 4. The third kappa shape index (κ3) is 9.77. The van der Waals surface area contributed by atoms with Crippen molar-refractivity contribution in [1.82, 2.24) is 20.9 Å². The lowest BCUT2D eigenvalue weighted by Crippen LogP contribution is -2.58. The lowest BCUT2D eigenvalue weighted by Gasteiger charge is -2.26. The molecule has 0 radical (unpaired) electrons. The van der Waals surface area contributed by atoms with Gasteiger partial charge >= 0.3 is 5.97 Å². The number of aliphatic carboxylic acids is 1. The normalized spacial score (nSPS) is 15.1. The number of fused-ring (bicyclic) bond motifs is 1. The van der Waals surface area contributed by atoms with Crippen LogP contribution in [0.25, 0.3) is 10.9 Å². The molecule has 0 bridgehead atoms. The summed E-state index contributed by atoms with van der Waals surface area (Å²) in [5.41, 5.74) is 7.70. The number of nitrogens with two attached hydrogens (primary N) is 1. The van der Waals surface area contributed by atoms with Crippen molar-refractivity contribution in [3.63, 3.8) is 0 Å². The van der Waals surface area contributed by atoms with Gasteiger partial charge in [0.15, 0.2) is 0 Å². The van der Waals surface area contributed by atoms with Crippen LogP contribution in [0.1, 0.15) is 38.7 Å². The van der Waals surface area contributed by atoms with Crippen molar-refractivity contribution in [1.29, 1.82) is 0 Å². The minimum Gasteiger partial charge on any atom is -0.480 e. The van der Waals surface area contributed by atoms with Crippen LogP contribution in [0.4, 0.5) is 0 Å². The van der Waals surface area contributed by atoms with Crippen molar-refractivity contribution in [3.8, 4) is 0 Å². The predicted octanol–water partition coefficient (Wildman–Crippen LogP) is 2.13. The Bertz CT molecular complexity index is 1110. The third-order valence-electron chi connectivity index (χ3n) is 6.76. The van der Waals surface area contributed by atoms with Gasteiger partial charge in [-0.3, -0.25) is 14.4 Å². The first-order valence-corrected chi connectivity index (χ1v) is 15.8. The number of amides is 3. The van der Waals surface area contributed by atoms with E-state index in [1.54, 1.807) is 6.20 Å². The number of carboxylic acids is 1. The topological polar surface area (TPSA) is 166 Å². The number of benzene rings is 1. The van der Waals surface area contributed by atoms with Gasteiger partial charge in [0.2, 0.25) is 17.7 Å². The Morgan fingerprint density at radius 3 is 2.00 bits per heavy atom. The summed E-state index contributed by atoms with van der Waals surface area (Å²) in [6.07, 6.45) is 6.98. The van der Waals surface area contributed by atoms with Gasteiger partial charge in [-0.1, -0.05) is 38.5 Å². The number of aromatic amines is 1. The number of H-pyrrole nitrogens is 1. The molecule has 0 fully saturated rings. The number of carbonyl (C=O) groups excluding carboxylic acids is 3. The molecule has 7 N–H and O–H groups in total. The van der Waals surface area contributed by atoms with Gasteiger partial charge in [-0.2, -0.15) is 23.5 Å². The molecule has 5 atom stereocenters. The Morgan fingerprint density at radius 1 is 0.923 bits per heavy atom. The standard InChI is InChI=1S/C27H41N5O5S2/c1-5-16(2)23(28)26(35)31-21(11-13-39-4)24(33)30-20(10-12-38-3)25(34)32-22(27(36)37)14-17-15-29-19-9-7-6-8-18(17)19/h6-9,15-16,20-23,29H,5,10-14,28H2,1-4H3,(H,30,33)(H,31,35)(H,32,34)(H,36,37). The van der Waals surface area contributed by atoms with Gasteiger partial charge < -0.3 is 31.8 Å². The number of para-hydroxylation sites is 1. The van der Waals surface area contributed by atoms with E-state index in [0.717, 1.165) is 22.9 Å². The van der Waals surface area contributed by atoms with Gasteiger partial charge in [0.05, 0.1) is 6.04 Å². The molecule has 39 heavy (non-hydrogen) atoms. The zero-order valence-electron chi connectivity index (χ0n) is 23.0. The number of hydrogen-bond donors (Lipinski definition) is 6. The lowest BCUT2D eigenvalue weighted by molar-refractivity contribution is -0.142.